The zero-order valence-electron chi connectivity index (χ0n) is 15.7. The molecule has 1 N–H and O–H groups in total. The zero-order chi connectivity index (χ0) is 19.6. The average molecular weight is 404 g/mol. The summed E-state index contributed by atoms with van der Waals surface area (Å²) in [5.41, 5.74) is 4.07. The Morgan fingerprint density at radius 3 is 2.93 bits per heavy atom. The molecule has 1 fully saturated rings. The lowest BCUT2D eigenvalue weighted by Crippen LogP contribution is -2.39. The number of H-pyrrole nitrogens is 1. The van der Waals surface area contributed by atoms with Crippen LogP contribution in [0.1, 0.15) is 17.3 Å². The predicted molar refractivity (Wildman–Crippen MR) is 114 cm³/mol. The summed E-state index contributed by atoms with van der Waals surface area (Å²) in [6, 6.07) is 13.7. The van der Waals surface area contributed by atoms with E-state index in [0.29, 0.717) is 13.2 Å². The first kappa shape index (κ1) is 18.2. The van der Waals surface area contributed by atoms with E-state index in [9.17, 15) is 4.79 Å². The summed E-state index contributed by atoms with van der Waals surface area (Å²) in [5, 5.41) is 4.16. The van der Waals surface area contributed by atoms with Gasteiger partial charge in [-0.2, -0.15) is 0 Å². The molecule has 5 rings (SSSR count). The quantitative estimate of drug-likeness (QED) is 0.563. The van der Waals surface area contributed by atoms with Crippen LogP contribution >= 0.6 is 11.3 Å². The first-order valence-corrected chi connectivity index (χ1v) is 10.4. The standard InChI is InChI=1S/C22H20N4O2S/c27-21-4-3-16-2-1-15(11-18(16)24-21)12-26-9-10-28-13-20(26)19-14-29-22(25-19)17-5-7-23-8-6-17/h1-8,11,14,20H,9-10,12-13H2,(H,24,27). The summed E-state index contributed by atoms with van der Waals surface area (Å²) in [7, 11) is 0. The van der Waals surface area contributed by atoms with Gasteiger partial charge in [0.2, 0.25) is 5.56 Å². The molecular weight excluding hydrogens is 384 g/mol. The largest absolute Gasteiger partial charge is 0.378 e. The predicted octanol–water partition coefficient (Wildman–Crippen LogP) is 3.62. The van der Waals surface area contributed by atoms with Crippen LogP contribution in [-0.4, -0.2) is 39.6 Å². The number of morpholine rings is 1. The number of nitrogens with zero attached hydrogens (tertiary/aromatic N) is 3. The van der Waals surface area contributed by atoms with E-state index in [1.54, 1.807) is 29.8 Å². The third kappa shape index (κ3) is 3.85. The monoisotopic (exact) mass is 404 g/mol. The third-order valence-electron chi connectivity index (χ3n) is 5.21. The van der Waals surface area contributed by atoms with Gasteiger partial charge >= 0.3 is 0 Å². The molecule has 146 valence electrons. The lowest BCUT2D eigenvalue weighted by atomic mass is 10.1. The lowest BCUT2D eigenvalue weighted by molar-refractivity contribution is -0.0140. The molecule has 1 aliphatic heterocycles. The lowest BCUT2D eigenvalue weighted by Gasteiger charge is -2.34. The normalized spacial score (nSPS) is 17.6. The van der Waals surface area contributed by atoms with Crippen molar-refractivity contribution in [2.75, 3.05) is 19.8 Å². The van der Waals surface area contributed by atoms with Crippen molar-refractivity contribution < 1.29 is 4.74 Å². The number of nitrogens with one attached hydrogen (secondary N) is 1. The Kier molecular flexibility index (Phi) is 4.93. The maximum atomic E-state index is 11.6. The molecule has 1 unspecified atom stereocenters. The molecule has 1 atom stereocenters. The van der Waals surface area contributed by atoms with Gasteiger partial charge < -0.3 is 9.72 Å². The minimum Gasteiger partial charge on any atom is -0.378 e. The molecule has 1 saturated heterocycles. The third-order valence-corrected chi connectivity index (χ3v) is 6.12. The van der Waals surface area contributed by atoms with Crippen LogP contribution in [0.3, 0.4) is 0 Å². The summed E-state index contributed by atoms with van der Waals surface area (Å²) in [5.74, 6) is 0. The van der Waals surface area contributed by atoms with E-state index < -0.39 is 0 Å². The molecular formula is C22H20N4O2S. The van der Waals surface area contributed by atoms with Gasteiger partial charge in [0, 0.05) is 48.0 Å². The number of aromatic nitrogens is 3. The van der Waals surface area contributed by atoms with Gasteiger partial charge in [0.1, 0.15) is 5.01 Å². The van der Waals surface area contributed by atoms with Crippen molar-refractivity contribution in [3.8, 4) is 10.6 Å². The van der Waals surface area contributed by atoms with Crippen molar-refractivity contribution in [1.82, 2.24) is 19.9 Å². The number of pyridine rings is 2. The highest BCUT2D eigenvalue weighted by molar-refractivity contribution is 7.13. The molecule has 0 amide bonds. The molecule has 1 aromatic carbocycles. The molecule has 0 radical (unpaired) electrons. The van der Waals surface area contributed by atoms with Gasteiger partial charge in [0.15, 0.2) is 0 Å². The highest BCUT2D eigenvalue weighted by Gasteiger charge is 2.27. The maximum Gasteiger partial charge on any atom is 0.248 e. The second-order valence-electron chi connectivity index (χ2n) is 7.12. The summed E-state index contributed by atoms with van der Waals surface area (Å²) < 4.78 is 5.77. The Hall–Kier alpha value is -2.87. The van der Waals surface area contributed by atoms with Crippen molar-refractivity contribution >= 4 is 22.2 Å². The fourth-order valence-electron chi connectivity index (χ4n) is 3.70. The number of ether oxygens (including phenoxy) is 1. The van der Waals surface area contributed by atoms with Gasteiger partial charge in [-0.3, -0.25) is 14.7 Å². The molecule has 3 aromatic heterocycles. The molecule has 4 heterocycles. The van der Waals surface area contributed by atoms with Crippen LogP contribution in [-0.2, 0) is 11.3 Å². The Labute approximate surface area is 171 Å². The van der Waals surface area contributed by atoms with Crippen molar-refractivity contribution in [1.29, 1.82) is 0 Å². The van der Waals surface area contributed by atoms with Gasteiger partial charge in [-0.25, -0.2) is 4.98 Å². The first-order chi connectivity index (χ1) is 14.3. The topological polar surface area (TPSA) is 71.1 Å². The average Bonchev–Trinajstić information content (AvgIpc) is 3.25. The SMILES string of the molecule is O=c1ccc2ccc(CN3CCOCC3c3csc(-c4ccncc4)n3)cc2[nH]1. The van der Waals surface area contributed by atoms with Crippen LogP contribution in [0.5, 0.6) is 0 Å². The molecule has 7 heteroatoms. The smallest absolute Gasteiger partial charge is 0.248 e. The second-order valence-corrected chi connectivity index (χ2v) is 7.98. The number of rotatable bonds is 4. The first-order valence-electron chi connectivity index (χ1n) is 9.56. The molecule has 0 bridgehead atoms. The fourth-order valence-corrected chi connectivity index (χ4v) is 4.57. The van der Waals surface area contributed by atoms with Gasteiger partial charge in [0.05, 0.1) is 24.9 Å². The van der Waals surface area contributed by atoms with Crippen molar-refractivity contribution in [3.05, 3.63) is 81.8 Å². The number of fused-ring (bicyclic) bond motifs is 1. The zero-order valence-corrected chi connectivity index (χ0v) is 16.6. The van der Waals surface area contributed by atoms with Gasteiger partial charge in [-0.05, 0) is 35.2 Å². The molecule has 0 spiro atoms. The Morgan fingerprint density at radius 1 is 1.17 bits per heavy atom. The molecule has 6 nitrogen and oxygen atoms in total. The van der Waals surface area contributed by atoms with Crippen LogP contribution in [0.2, 0.25) is 0 Å². The van der Waals surface area contributed by atoms with Crippen LogP contribution in [0.4, 0.5) is 0 Å². The maximum absolute atomic E-state index is 11.6. The van der Waals surface area contributed by atoms with E-state index in [4.69, 9.17) is 9.72 Å². The molecule has 29 heavy (non-hydrogen) atoms. The van der Waals surface area contributed by atoms with E-state index in [-0.39, 0.29) is 11.6 Å². The summed E-state index contributed by atoms with van der Waals surface area (Å²) in [6.45, 7) is 2.96. The van der Waals surface area contributed by atoms with Crippen molar-refractivity contribution in [2.45, 2.75) is 12.6 Å². The number of hydrogen-bond acceptors (Lipinski definition) is 6. The van der Waals surface area contributed by atoms with Gasteiger partial charge in [0.25, 0.3) is 0 Å². The van der Waals surface area contributed by atoms with E-state index >= 15 is 0 Å². The Bertz CT molecular complexity index is 1190. The van der Waals surface area contributed by atoms with E-state index in [1.165, 1.54) is 0 Å². The summed E-state index contributed by atoms with van der Waals surface area (Å²) in [4.78, 5) is 25.9. The minimum atomic E-state index is -0.0787. The highest BCUT2D eigenvalue weighted by Crippen LogP contribution is 2.31. The van der Waals surface area contributed by atoms with E-state index in [0.717, 1.165) is 45.8 Å². The molecule has 4 aromatic rings. The summed E-state index contributed by atoms with van der Waals surface area (Å²) in [6.07, 6.45) is 3.58. The summed E-state index contributed by atoms with van der Waals surface area (Å²) >= 11 is 1.65. The van der Waals surface area contributed by atoms with Crippen molar-refractivity contribution in [3.63, 3.8) is 0 Å². The highest BCUT2D eigenvalue weighted by atomic mass is 32.1. The van der Waals surface area contributed by atoms with Crippen LogP contribution in [0.25, 0.3) is 21.5 Å². The second kappa shape index (κ2) is 7.87. The fraction of sp³-hybridized carbons (Fsp3) is 0.227. The molecule has 0 saturated carbocycles. The molecule has 0 aliphatic carbocycles. The van der Waals surface area contributed by atoms with E-state index in [2.05, 4.69) is 38.4 Å². The Morgan fingerprint density at radius 2 is 2.03 bits per heavy atom. The van der Waals surface area contributed by atoms with Gasteiger partial charge in [-0.1, -0.05) is 12.1 Å². The number of thiazole rings is 1. The Balaban J connectivity index is 1.41. The van der Waals surface area contributed by atoms with E-state index in [1.807, 2.05) is 18.2 Å². The number of hydrogen-bond donors (Lipinski definition) is 1. The van der Waals surface area contributed by atoms with Crippen LogP contribution in [0, 0.1) is 0 Å². The molecule has 1 aliphatic rings. The number of aromatic amines is 1. The number of benzene rings is 1. The van der Waals surface area contributed by atoms with Gasteiger partial charge in [-0.15, -0.1) is 11.3 Å². The minimum absolute atomic E-state index is 0.0787. The van der Waals surface area contributed by atoms with Crippen LogP contribution < -0.4 is 5.56 Å². The van der Waals surface area contributed by atoms with Crippen molar-refractivity contribution in [2.24, 2.45) is 0 Å². The van der Waals surface area contributed by atoms with Crippen LogP contribution in [0.15, 0.2) is 65.0 Å².